The van der Waals surface area contributed by atoms with Crippen molar-refractivity contribution in [3.05, 3.63) is 0 Å². The van der Waals surface area contributed by atoms with Crippen LogP contribution in [0.2, 0.25) is 0 Å². The highest BCUT2D eigenvalue weighted by atomic mass is 16.4. The summed E-state index contributed by atoms with van der Waals surface area (Å²) in [4.78, 5) is 11.9. The highest BCUT2D eigenvalue weighted by molar-refractivity contribution is 5.79. The van der Waals surface area contributed by atoms with Crippen molar-refractivity contribution in [2.45, 2.75) is 76.8 Å². The molecule has 18 heavy (non-hydrogen) atoms. The summed E-state index contributed by atoms with van der Waals surface area (Å²) in [6, 6.07) is 0.431. The third-order valence-electron chi connectivity index (χ3n) is 4.97. The Balaban J connectivity index is 2.19. The van der Waals surface area contributed by atoms with Crippen molar-refractivity contribution in [2.24, 2.45) is 11.8 Å². The number of rotatable bonds is 4. The van der Waals surface area contributed by atoms with Gasteiger partial charge in [0.2, 0.25) is 0 Å². The molecule has 3 heteroatoms. The van der Waals surface area contributed by atoms with E-state index in [0.717, 1.165) is 32.1 Å². The normalized spacial score (nSPS) is 34.1. The third kappa shape index (κ3) is 2.56. The number of nitrogens with one attached hydrogen (secondary N) is 1. The van der Waals surface area contributed by atoms with E-state index in [-0.39, 0.29) is 5.92 Å². The van der Waals surface area contributed by atoms with Gasteiger partial charge in [0.1, 0.15) is 5.54 Å². The molecule has 0 heterocycles. The average Bonchev–Trinajstić information content (AvgIpc) is 2.81. The van der Waals surface area contributed by atoms with Crippen LogP contribution in [0.4, 0.5) is 0 Å². The van der Waals surface area contributed by atoms with Crippen molar-refractivity contribution >= 4 is 5.97 Å². The first-order valence-electron chi connectivity index (χ1n) is 7.57. The minimum atomic E-state index is -0.651. The van der Waals surface area contributed by atoms with E-state index in [4.69, 9.17) is 0 Å². The molecular weight excluding hydrogens is 226 g/mol. The molecule has 0 aromatic heterocycles. The predicted molar refractivity (Wildman–Crippen MR) is 72.6 cm³/mol. The molecule has 2 fully saturated rings. The molecule has 0 bridgehead atoms. The van der Waals surface area contributed by atoms with Gasteiger partial charge in [0.05, 0.1) is 0 Å². The summed E-state index contributed by atoms with van der Waals surface area (Å²) in [7, 11) is 0. The first-order valence-corrected chi connectivity index (χ1v) is 7.57. The lowest BCUT2D eigenvalue weighted by Crippen LogP contribution is -2.62. The maximum atomic E-state index is 11.9. The van der Waals surface area contributed by atoms with Gasteiger partial charge >= 0.3 is 5.97 Å². The van der Waals surface area contributed by atoms with Gasteiger partial charge in [0.15, 0.2) is 0 Å². The van der Waals surface area contributed by atoms with Crippen LogP contribution in [0.1, 0.15) is 65.2 Å². The largest absolute Gasteiger partial charge is 0.480 e. The number of hydrogen-bond acceptors (Lipinski definition) is 2. The van der Waals surface area contributed by atoms with Crippen molar-refractivity contribution in [1.82, 2.24) is 5.32 Å². The van der Waals surface area contributed by atoms with Crippen molar-refractivity contribution < 1.29 is 9.90 Å². The van der Waals surface area contributed by atoms with Crippen molar-refractivity contribution in [3.8, 4) is 0 Å². The molecule has 2 aliphatic rings. The quantitative estimate of drug-likeness (QED) is 0.809. The highest BCUT2D eigenvalue weighted by Gasteiger charge is 2.49. The molecule has 2 N–H and O–H groups in total. The maximum Gasteiger partial charge on any atom is 0.324 e. The molecule has 2 rings (SSSR count). The molecule has 0 spiro atoms. The first kappa shape index (κ1) is 13.9. The SMILES string of the molecule is CC(C)C1CCCCC1(NC1CCCC1)C(=O)O. The van der Waals surface area contributed by atoms with Crippen LogP contribution >= 0.6 is 0 Å². The van der Waals surface area contributed by atoms with E-state index >= 15 is 0 Å². The number of hydrogen-bond donors (Lipinski definition) is 2. The van der Waals surface area contributed by atoms with Gasteiger partial charge in [-0.15, -0.1) is 0 Å². The van der Waals surface area contributed by atoms with E-state index in [9.17, 15) is 9.90 Å². The molecule has 2 unspecified atom stereocenters. The molecule has 0 radical (unpaired) electrons. The average molecular weight is 253 g/mol. The minimum Gasteiger partial charge on any atom is -0.480 e. The summed E-state index contributed by atoms with van der Waals surface area (Å²) in [5, 5.41) is 13.4. The lowest BCUT2D eigenvalue weighted by Gasteiger charge is -2.45. The zero-order chi connectivity index (χ0) is 13.2. The van der Waals surface area contributed by atoms with Gasteiger partial charge in [-0.25, -0.2) is 0 Å². The topological polar surface area (TPSA) is 49.3 Å². The summed E-state index contributed by atoms with van der Waals surface area (Å²) in [6.45, 7) is 4.34. The minimum absolute atomic E-state index is 0.282. The zero-order valence-electron chi connectivity index (χ0n) is 11.7. The Hall–Kier alpha value is -0.570. The second-order valence-corrected chi connectivity index (χ2v) is 6.50. The van der Waals surface area contributed by atoms with Crippen LogP contribution in [-0.2, 0) is 4.79 Å². The standard InChI is InChI=1S/C15H27NO2/c1-11(2)13-9-5-6-10-15(13,14(17)18)16-12-7-3-4-8-12/h11-13,16H,3-10H2,1-2H3,(H,17,18). The van der Waals surface area contributed by atoms with Gasteiger partial charge in [-0.2, -0.15) is 0 Å². The number of carboxylic acid groups (broad SMARTS) is 1. The van der Waals surface area contributed by atoms with Gasteiger partial charge in [-0.05, 0) is 37.5 Å². The molecule has 104 valence electrons. The molecule has 0 saturated heterocycles. The molecule has 0 amide bonds. The summed E-state index contributed by atoms with van der Waals surface area (Å²) in [5.41, 5.74) is -0.651. The van der Waals surface area contributed by atoms with Crippen molar-refractivity contribution in [1.29, 1.82) is 0 Å². The molecule has 2 aliphatic carbocycles. The van der Waals surface area contributed by atoms with Crippen LogP contribution in [0.25, 0.3) is 0 Å². The fourth-order valence-electron chi connectivity index (χ4n) is 4.04. The summed E-state index contributed by atoms with van der Waals surface area (Å²) >= 11 is 0. The van der Waals surface area contributed by atoms with Crippen LogP contribution in [0.5, 0.6) is 0 Å². The van der Waals surface area contributed by atoms with Gasteiger partial charge in [-0.3, -0.25) is 10.1 Å². The molecule has 0 aromatic rings. The number of aliphatic carboxylic acids is 1. The van der Waals surface area contributed by atoms with Gasteiger partial charge in [-0.1, -0.05) is 39.5 Å². The summed E-state index contributed by atoms with van der Waals surface area (Å²) < 4.78 is 0. The van der Waals surface area contributed by atoms with Crippen LogP contribution in [-0.4, -0.2) is 22.7 Å². The molecule has 2 saturated carbocycles. The molecule has 0 aromatic carbocycles. The predicted octanol–water partition coefficient (Wildman–Crippen LogP) is 3.19. The molecular formula is C15H27NO2. The Morgan fingerprint density at radius 2 is 1.78 bits per heavy atom. The second kappa shape index (κ2) is 5.60. The lowest BCUT2D eigenvalue weighted by molar-refractivity contribution is -0.151. The number of carbonyl (C=O) groups is 1. The third-order valence-corrected chi connectivity index (χ3v) is 4.97. The summed E-state index contributed by atoms with van der Waals surface area (Å²) in [5.74, 6) is 0.104. The van der Waals surface area contributed by atoms with E-state index in [1.807, 2.05) is 0 Å². The Morgan fingerprint density at radius 1 is 1.17 bits per heavy atom. The highest BCUT2D eigenvalue weighted by Crippen LogP contribution is 2.40. The Bertz CT molecular complexity index is 297. The van der Waals surface area contributed by atoms with Crippen LogP contribution in [0.3, 0.4) is 0 Å². The molecule has 0 aliphatic heterocycles. The molecule has 3 nitrogen and oxygen atoms in total. The van der Waals surface area contributed by atoms with Crippen LogP contribution in [0, 0.1) is 11.8 Å². The van der Waals surface area contributed by atoms with Crippen LogP contribution in [0.15, 0.2) is 0 Å². The van der Waals surface area contributed by atoms with E-state index in [2.05, 4.69) is 19.2 Å². The lowest BCUT2D eigenvalue weighted by atomic mass is 9.67. The Kier molecular flexibility index (Phi) is 4.31. The first-order chi connectivity index (χ1) is 8.56. The summed E-state index contributed by atoms with van der Waals surface area (Å²) in [6.07, 6.45) is 8.91. The second-order valence-electron chi connectivity index (χ2n) is 6.50. The van der Waals surface area contributed by atoms with E-state index < -0.39 is 11.5 Å². The van der Waals surface area contributed by atoms with E-state index in [1.165, 1.54) is 19.3 Å². The Morgan fingerprint density at radius 3 is 2.33 bits per heavy atom. The van der Waals surface area contributed by atoms with E-state index in [0.29, 0.717) is 12.0 Å². The molecule has 2 atom stereocenters. The maximum absolute atomic E-state index is 11.9. The fourth-order valence-corrected chi connectivity index (χ4v) is 4.04. The Labute approximate surface area is 110 Å². The fraction of sp³-hybridized carbons (Fsp3) is 0.933. The van der Waals surface area contributed by atoms with E-state index in [1.54, 1.807) is 0 Å². The van der Waals surface area contributed by atoms with Crippen LogP contribution < -0.4 is 5.32 Å². The van der Waals surface area contributed by atoms with Gasteiger partial charge < -0.3 is 5.11 Å². The smallest absolute Gasteiger partial charge is 0.324 e. The van der Waals surface area contributed by atoms with Crippen molar-refractivity contribution in [3.63, 3.8) is 0 Å². The zero-order valence-corrected chi connectivity index (χ0v) is 11.7. The van der Waals surface area contributed by atoms with Gasteiger partial charge in [0, 0.05) is 6.04 Å². The number of carboxylic acids is 1. The monoisotopic (exact) mass is 253 g/mol. The van der Waals surface area contributed by atoms with Crippen molar-refractivity contribution in [2.75, 3.05) is 0 Å². The van der Waals surface area contributed by atoms with Gasteiger partial charge in [0.25, 0.3) is 0 Å².